The van der Waals surface area contributed by atoms with Gasteiger partial charge in [-0.2, -0.15) is 18.2 Å². The standard InChI is InChI=1S/C22H21F3N4O/c23-22(24,25)16-6-8-17(9-7-16)26-20-14-19(15-4-2-1-3-5-15)27-21(28-20)29-12-10-18(30)11-13-29/h1-9,14,18,30H,10-13H2,(H,26,27,28). The van der Waals surface area contributed by atoms with E-state index in [1.54, 1.807) is 6.07 Å². The van der Waals surface area contributed by atoms with Crippen molar-refractivity contribution in [2.75, 3.05) is 23.3 Å². The van der Waals surface area contributed by atoms with Crippen LogP contribution in [0.15, 0.2) is 60.7 Å². The second kappa shape index (κ2) is 8.31. The zero-order valence-electron chi connectivity index (χ0n) is 16.1. The minimum atomic E-state index is -4.38. The van der Waals surface area contributed by atoms with Gasteiger partial charge in [-0.3, -0.25) is 0 Å². The average molecular weight is 414 g/mol. The first-order chi connectivity index (χ1) is 14.4. The summed E-state index contributed by atoms with van der Waals surface area (Å²) < 4.78 is 38.4. The number of hydrogen-bond donors (Lipinski definition) is 2. The Bertz CT molecular complexity index is 986. The number of nitrogens with one attached hydrogen (secondary N) is 1. The van der Waals surface area contributed by atoms with Gasteiger partial charge in [-0.15, -0.1) is 0 Å². The van der Waals surface area contributed by atoms with Crippen molar-refractivity contribution in [1.29, 1.82) is 0 Å². The van der Waals surface area contributed by atoms with Crippen molar-refractivity contribution >= 4 is 17.5 Å². The van der Waals surface area contributed by atoms with Crippen LogP contribution in [0.3, 0.4) is 0 Å². The normalized spacial score (nSPS) is 15.3. The summed E-state index contributed by atoms with van der Waals surface area (Å²) in [6.45, 7) is 1.28. The molecule has 0 spiro atoms. The van der Waals surface area contributed by atoms with E-state index in [2.05, 4.69) is 15.3 Å². The van der Waals surface area contributed by atoms with E-state index >= 15 is 0 Å². The third kappa shape index (κ3) is 4.71. The third-order valence-corrected chi connectivity index (χ3v) is 5.02. The van der Waals surface area contributed by atoms with E-state index in [4.69, 9.17) is 0 Å². The van der Waals surface area contributed by atoms with E-state index in [9.17, 15) is 18.3 Å². The molecule has 2 heterocycles. The average Bonchev–Trinajstić information content (AvgIpc) is 2.74. The van der Waals surface area contributed by atoms with Gasteiger partial charge < -0.3 is 15.3 Å². The molecule has 3 aromatic rings. The second-order valence-corrected chi connectivity index (χ2v) is 7.22. The molecule has 1 saturated heterocycles. The Kier molecular flexibility index (Phi) is 5.59. The van der Waals surface area contributed by atoms with Crippen LogP contribution in [0.5, 0.6) is 0 Å². The molecule has 4 rings (SSSR count). The molecule has 30 heavy (non-hydrogen) atoms. The van der Waals surface area contributed by atoms with Gasteiger partial charge in [0.25, 0.3) is 0 Å². The molecule has 156 valence electrons. The number of aliphatic hydroxyl groups excluding tert-OH is 1. The number of hydrogen-bond acceptors (Lipinski definition) is 5. The van der Waals surface area contributed by atoms with Crippen molar-refractivity contribution in [3.8, 4) is 11.3 Å². The molecule has 0 atom stereocenters. The van der Waals surface area contributed by atoms with Gasteiger partial charge in [0.15, 0.2) is 0 Å². The lowest BCUT2D eigenvalue weighted by Crippen LogP contribution is -2.37. The number of alkyl halides is 3. The number of aromatic nitrogens is 2. The Labute approximate surface area is 172 Å². The van der Waals surface area contributed by atoms with Crippen LogP contribution in [-0.4, -0.2) is 34.3 Å². The predicted octanol–water partition coefficient (Wildman–Crippen LogP) is 4.87. The first-order valence-electron chi connectivity index (χ1n) is 9.70. The summed E-state index contributed by atoms with van der Waals surface area (Å²) in [7, 11) is 0. The molecule has 0 radical (unpaired) electrons. The number of aliphatic hydroxyl groups is 1. The van der Waals surface area contributed by atoms with Crippen LogP contribution < -0.4 is 10.2 Å². The molecule has 0 unspecified atom stereocenters. The number of nitrogens with zero attached hydrogens (tertiary/aromatic N) is 3. The molecular weight excluding hydrogens is 393 g/mol. The van der Waals surface area contributed by atoms with Crippen LogP contribution in [0, 0.1) is 0 Å². The zero-order chi connectivity index (χ0) is 21.1. The summed E-state index contributed by atoms with van der Waals surface area (Å²) in [6, 6.07) is 16.2. The van der Waals surface area contributed by atoms with Gasteiger partial charge in [0, 0.05) is 30.4 Å². The molecule has 0 saturated carbocycles. The van der Waals surface area contributed by atoms with Gasteiger partial charge in [-0.05, 0) is 37.1 Å². The van der Waals surface area contributed by atoms with Crippen LogP contribution in [-0.2, 0) is 6.18 Å². The highest BCUT2D eigenvalue weighted by atomic mass is 19.4. The molecule has 1 aliphatic rings. The Morgan fingerprint density at radius 2 is 1.60 bits per heavy atom. The van der Waals surface area contributed by atoms with Crippen molar-refractivity contribution in [2.45, 2.75) is 25.1 Å². The van der Waals surface area contributed by atoms with Crippen LogP contribution in [0.2, 0.25) is 0 Å². The quantitative estimate of drug-likeness (QED) is 0.638. The Morgan fingerprint density at radius 1 is 0.933 bits per heavy atom. The molecule has 1 fully saturated rings. The second-order valence-electron chi connectivity index (χ2n) is 7.22. The van der Waals surface area contributed by atoms with Gasteiger partial charge in [0.05, 0.1) is 17.4 Å². The lowest BCUT2D eigenvalue weighted by molar-refractivity contribution is -0.137. The monoisotopic (exact) mass is 414 g/mol. The highest BCUT2D eigenvalue weighted by molar-refractivity contribution is 5.67. The molecule has 8 heteroatoms. The van der Waals surface area contributed by atoms with E-state index in [-0.39, 0.29) is 6.10 Å². The van der Waals surface area contributed by atoms with Crippen LogP contribution >= 0.6 is 0 Å². The maximum absolute atomic E-state index is 12.8. The van der Waals surface area contributed by atoms with E-state index in [0.29, 0.717) is 49.1 Å². The van der Waals surface area contributed by atoms with Gasteiger partial charge in [0.2, 0.25) is 5.95 Å². The topological polar surface area (TPSA) is 61.3 Å². The Balaban J connectivity index is 1.65. The molecule has 0 bridgehead atoms. The summed E-state index contributed by atoms with van der Waals surface area (Å²) in [5.74, 6) is 1.02. The SMILES string of the molecule is OC1CCN(c2nc(Nc3ccc(C(F)(F)F)cc3)cc(-c3ccccc3)n2)CC1. The van der Waals surface area contributed by atoms with Crippen molar-refractivity contribution in [3.05, 3.63) is 66.2 Å². The summed E-state index contributed by atoms with van der Waals surface area (Å²) >= 11 is 0. The van der Waals surface area contributed by atoms with Crippen molar-refractivity contribution in [2.24, 2.45) is 0 Å². The predicted molar refractivity (Wildman–Crippen MR) is 110 cm³/mol. The number of piperidine rings is 1. The van der Waals surface area contributed by atoms with E-state index in [1.165, 1.54) is 12.1 Å². The largest absolute Gasteiger partial charge is 0.416 e. The summed E-state index contributed by atoms with van der Waals surface area (Å²) in [6.07, 6.45) is -3.41. The van der Waals surface area contributed by atoms with Crippen molar-refractivity contribution < 1.29 is 18.3 Å². The van der Waals surface area contributed by atoms with Gasteiger partial charge in [0.1, 0.15) is 5.82 Å². The number of benzene rings is 2. The first kappa shape index (κ1) is 20.2. The fourth-order valence-electron chi connectivity index (χ4n) is 3.35. The maximum atomic E-state index is 12.8. The lowest BCUT2D eigenvalue weighted by atomic mass is 10.1. The molecule has 2 aromatic carbocycles. The summed E-state index contributed by atoms with van der Waals surface area (Å²) in [5.41, 5.74) is 1.42. The fraction of sp³-hybridized carbons (Fsp3) is 0.273. The number of rotatable bonds is 4. The van der Waals surface area contributed by atoms with E-state index in [0.717, 1.165) is 17.7 Å². The highest BCUT2D eigenvalue weighted by Gasteiger charge is 2.30. The first-order valence-corrected chi connectivity index (χ1v) is 9.70. The van der Waals surface area contributed by atoms with E-state index in [1.807, 2.05) is 35.2 Å². The molecule has 5 nitrogen and oxygen atoms in total. The smallest absolute Gasteiger partial charge is 0.393 e. The lowest BCUT2D eigenvalue weighted by Gasteiger charge is -2.30. The maximum Gasteiger partial charge on any atom is 0.416 e. The summed E-state index contributed by atoms with van der Waals surface area (Å²) in [5, 5.41) is 12.9. The third-order valence-electron chi connectivity index (χ3n) is 5.02. The summed E-state index contributed by atoms with van der Waals surface area (Å²) in [4.78, 5) is 11.3. The van der Waals surface area contributed by atoms with Crippen LogP contribution in [0.4, 0.5) is 30.6 Å². The van der Waals surface area contributed by atoms with Crippen molar-refractivity contribution in [3.63, 3.8) is 0 Å². The van der Waals surface area contributed by atoms with Crippen LogP contribution in [0.1, 0.15) is 18.4 Å². The Morgan fingerprint density at radius 3 is 2.23 bits per heavy atom. The number of halogens is 3. The van der Waals surface area contributed by atoms with Gasteiger partial charge >= 0.3 is 6.18 Å². The van der Waals surface area contributed by atoms with Gasteiger partial charge in [-0.25, -0.2) is 4.98 Å². The fourth-order valence-corrected chi connectivity index (χ4v) is 3.35. The zero-order valence-corrected chi connectivity index (χ0v) is 16.1. The Hall–Kier alpha value is -3.13. The molecule has 1 aliphatic heterocycles. The minimum absolute atomic E-state index is 0.316. The molecule has 0 aliphatic carbocycles. The molecular formula is C22H21F3N4O. The number of anilines is 3. The van der Waals surface area contributed by atoms with E-state index < -0.39 is 11.7 Å². The molecule has 2 N–H and O–H groups in total. The van der Waals surface area contributed by atoms with Crippen LogP contribution in [0.25, 0.3) is 11.3 Å². The minimum Gasteiger partial charge on any atom is -0.393 e. The highest BCUT2D eigenvalue weighted by Crippen LogP contribution is 2.31. The van der Waals surface area contributed by atoms with Crippen molar-refractivity contribution in [1.82, 2.24) is 9.97 Å². The molecule has 0 amide bonds. The molecule has 1 aromatic heterocycles. The van der Waals surface area contributed by atoms with Gasteiger partial charge in [-0.1, -0.05) is 30.3 Å².